The summed E-state index contributed by atoms with van der Waals surface area (Å²) in [6, 6.07) is 4.58. The average molecular weight is 369 g/mol. The fraction of sp³-hybridized carbons (Fsp3) is 0.125. The van der Waals surface area contributed by atoms with Gasteiger partial charge in [0.2, 0.25) is 0 Å². The molecule has 0 aliphatic heterocycles. The number of H-pyrrole nitrogens is 1. The molecule has 2 aromatic carbocycles. The molecule has 0 unspecified atom stereocenters. The zero-order valence-corrected chi connectivity index (χ0v) is 13.1. The molecule has 6 nitrogen and oxygen atoms in total. The van der Waals surface area contributed by atoms with Crippen LogP contribution in [0, 0.1) is 12.7 Å². The third-order valence-corrected chi connectivity index (χ3v) is 3.58. The molecular weight excluding hydrogens is 358 g/mol. The van der Waals surface area contributed by atoms with E-state index in [0.29, 0.717) is 5.56 Å². The standard InChI is InChI=1S/C16H11F4N3O3/c1-7-4-8(26-16(18,19)20)2-3-10(7)23-13-9(15(24)25)5-11-14(12(13)17)22-6-21-11/h2-6,23H,1H3,(H,21,22)(H,24,25). The molecule has 0 amide bonds. The number of carboxylic acid groups (broad SMARTS) is 1. The lowest BCUT2D eigenvalue weighted by Crippen LogP contribution is -2.17. The molecule has 0 saturated heterocycles. The summed E-state index contributed by atoms with van der Waals surface area (Å²) in [4.78, 5) is 17.9. The fourth-order valence-corrected chi connectivity index (χ4v) is 2.44. The van der Waals surface area contributed by atoms with Gasteiger partial charge in [0.1, 0.15) is 11.3 Å². The fourth-order valence-electron chi connectivity index (χ4n) is 2.44. The van der Waals surface area contributed by atoms with Crippen molar-refractivity contribution in [1.82, 2.24) is 9.97 Å². The van der Waals surface area contributed by atoms with Crippen LogP contribution in [-0.4, -0.2) is 27.4 Å². The van der Waals surface area contributed by atoms with Gasteiger partial charge in [-0.2, -0.15) is 0 Å². The minimum atomic E-state index is -4.84. The first kappa shape index (κ1) is 17.5. The maximum absolute atomic E-state index is 14.7. The average Bonchev–Trinajstić information content (AvgIpc) is 2.99. The van der Waals surface area contributed by atoms with E-state index in [1.165, 1.54) is 25.4 Å². The van der Waals surface area contributed by atoms with Crippen LogP contribution in [0.1, 0.15) is 15.9 Å². The molecule has 1 heterocycles. The van der Waals surface area contributed by atoms with Gasteiger partial charge in [-0.15, -0.1) is 13.2 Å². The van der Waals surface area contributed by atoms with E-state index in [4.69, 9.17) is 0 Å². The Balaban J connectivity index is 2.02. The first-order valence-electron chi connectivity index (χ1n) is 7.18. The zero-order valence-electron chi connectivity index (χ0n) is 13.1. The smallest absolute Gasteiger partial charge is 0.478 e. The van der Waals surface area contributed by atoms with Gasteiger partial charge in [0.25, 0.3) is 0 Å². The van der Waals surface area contributed by atoms with Crippen molar-refractivity contribution in [3.05, 3.63) is 47.5 Å². The highest BCUT2D eigenvalue weighted by atomic mass is 19.4. The Morgan fingerprint density at radius 2 is 2.04 bits per heavy atom. The van der Waals surface area contributed by atoms with Gasteiger partial charge in [-0.3, -0.25) is 0 Å². The Bertz CT molecular complexity index is 998. The molecule has 10 heteroatoms. The number of aromatic carboxylic acids is 1. The number of nitrogens with zero attached hydrogens (tertiary/aromatic N) is 1. The number of carboxylic acids is 1. The first-order valence-corrected chi connectivity index (χ1v) is 7.18. The number of imidazole rings is 1. The summed E-state index contributed by atoms with van der Waals surface area (Å²) in [6.45, 7) is 1.47. The molecule has 0 fully saturated rings. The molecule has 26 heavy (non-hydrogen) atoms. The molecule has 0 saturated carbocycles. The molecule has 3 N–H and O–H groups in total. The summed E-state index contributed by atoms with van der Waals surface area (Å²) in [6.07, 6.45) is -3.62. The highest BCUT2D eigenvalue weighted by molar-refractivity contribution is 6.00. The number of aryl methyl sites for hydroxylation is 1. The van der Waals surface area contributed by atoms with Crippen LogP contribution in [0.25, 0.3) is 11.0 Å². The van der Waals surface area contributed by atoms with E-state index >= 15 is 0 Å². The highest BCUT2D eigenvalue weighted by Gasteiger charge is 2.31. The zero-order chi connectivity index (χ0) is 19.1. The summed E-state index contributed by atoms with van der Waals surface area (Å²) >= 11 is 0. The lowest BCUT2D eigenvalue weighted by molar-refractivity contribution is -0.274. The first-order chi connectivity index (χ1) is 12.2. The van der Waals surface area contributed by atoms with Crippen molar-refractivity contribution in [2.24, 2.45) is 0 Å². The Morgan fingerprint density at radius 3 is 2.65 bits per heavy atom. The molecule has 0 radical (unpaired) electrons. The molecule has 3 rings (SSSR count). The van der Waals surface area contributed by atoms with Crippen molar-refractivity contribution in [2.75, 3.05) is 5.32 Å². The molecular formula is C16H11F4N3O3. The number of fused-ring (bicyclic) bond motifs is 1. The van der Waals surface area contributed by atoms with Crippen LogP contribution >= 0.6 is 0 Å². The predicted octanol–water partition coefficient (Wildman–Crippen LogP) is 4.35. The molecule has 0 aliphatic rings. The van der Waals surface area contributed by atoms with E-state index in [2.05, 4.69) is 20.0 Å². The molecule has 3 aromatic rings. The Hall–Kier alpha value is -3.30. The number of carbonyl (C=O) groups is 1. The number of halogens is 4. The third kappa shape index (κ3) is 3.39. The van der Waals surface area contributed by atoms with E-state index in [1.54, 1.807) is 0 Å². The number of alkyl halides is 3. The van der Waals surface area contributed by atoms with Crippen molar-refractivity contribution in [2.45, 2.75) is 13.3 Å². The quantitative estimate of drug-likeness (QED) is 0.595. The monoisotopic (exact) mass is 369 g/mol. The van der Waals surface area contributed by atoms with Crippen LogP contribution in [0.3, 0.4) is 0 Å². The van der Waals surface area contributed by atoms with Crippen molar-refractivity contribution in [1.29, 1.82) is 0 Å². The van der Waals surface area contributed by atoms with Crippen LogP contribution in [0.5, 0.6) is 5.75 Å². The molecule has 0 aliphatic carbocycles. The third-order valence-electron chi connectivity index (χ3n) is 3.58. The minimum absolute atomic E-state index is 0.0628. The minimum Gasteiger partial charge on any atom is -0.478 e. The van der Waals surface area contributed by atoms with E-state index < -0.39 is 23.9 Å². The number of benzene rings is 2. The van der Waals surface area contributed by atoms with E-state index in [0.717, 1.165) is 12.1 Å². The largest absolute Gasteiger partial charge is 0.573 e. The van der Waals surface area contributed by atoms with Crippen LogP contribution < -0.4 is 10.1 Å². The summed E-state index contributed by atoms with van der Waals surface area (Å²) in [5.41, 5.74) is -0.0392. The lowest BCUT2D eigenvalue weighted by atomic mass is 10.1. The second-order valence-electron chi connectivity index (χ2n) is 5.37. The summed E-state index contributed by atoms with van der Waals surface area (Å²) in [5, 5.41) is 11.9. The van der Waals surface area contributed by atoms with Gasteiger partial charge < -0.3 is 20.1 Å². The maximum Gasteiger partial charge on any atom is 0.573 e. The predicted molar refractivity (Wildman–Crippen MR) is 84.2 cm³/mol. The van der Waals surface area contributed by atoms with Gasteiger partial charge in [0.05, 0.1) is 23.1 Å². The topological polar surface area (TPSA) is 87.2 Å². The number of hydrogen-bond acceptors (Lipinski definition) is 4. The van der Waals surface area contributed by atoms with Crippen LogP contribution in [0.15, 0.2) is 30.6 Å². The summed E-state index contributed by atoms with van der Waals surface area (Å²) in [7, 11) is 0. The maximum atomic E-state index is 14.7. The number of rotatable bonds is 4. The highest BCUT2D eigenvalue weighted by Crippen LogP contribution is 2.33. The van der Waals surface area contributed by atoms with Crippen LogP contribution in [0.4, 0.5) is 28.9 Å². The van der Waals surface area contributed by atoms with Gasteiger partial charge in [-0.05, 0) is 36.8 Å². The molecule has 0 spiro atoms. The van der Waals surface area contributed by atoms with E-state index in [-0.39, 0.29) is 28.0 Å². The molecule has 0 atom stereocenters. The number of nitrogens with one attached hydrogen (secondary N) is 2. The molecule has 136 valence electrons. The lowest BCUT2D eigenvalue weighted by Gasteiger charge is -2.15. The van der Waals surface area contributed by atoms with Crippen LogP contribution in [-0.2, 0) is 0 Å². The second kappa shape index (κ2) is 6.21. The normalized spacial score (nSPS) is 11.6. The van der Waals surface area contributed by atoms with E-state index in [1.807, 2.05) is 0 Å². The number of ether oxygens (including phenoxy) is 1. The van der Waals surface area contributed by atoms with Gasteiger partial charge >= 0.3 is 12.3 Å². The van der Waals surface area contributed by atoms with Gasteiger partial charge in [0.15, 0.2) is 5.82 Å². The number of anilines is 2. The summed E-state index contributed by atoms with van der Waals surface area (Å²) < 4.78 is 55.3. The Morgan fingerprint density at radius 1 is 1.31 bits per heavy atom. The second-order valence-corrected chi connectivity index (χ2v) is 5.37. The molecule has 0 bridgehead atoms. The van der Waals surface area contributed by atoms with Crippen molar-refractivity contribution in [3.63, 3.8) is 0 Å². The Labute approximate surface area is 143 Å². The number of aromatic amines is 1. The number of hydrogen-bond donors (Lipinski definition) is 3. The van der Waals surface area contributed by atoms with E-state index in [9.17, 15) is 27.5 Å². The van der Waals surface area contributed by atoms with Gasteiger partial charge in [-0.1, -0.05) is 0 Å². The van der Waals surface area contributed by atoms with Gasteiger partial charge in [-0.25, -0.2) is 14.2 Å². The Kier molecular flexibility index (Phi) is 4.18. The van der Waals surface area contributed by atoms with Crippen molar-refractivity contribution >= 4 is 28.4 Å². The van der Waals surface area contributed by atoms with Crippen molar-refractivity contribution in [3.8, 4) is 5.75 Å². The van der Waals surface area contributed by atoms with Crippen molar-refractivity contribution < 1.29 is 32.2 Å². The number of aromatic nitrogens is 2. The van der Waals surface area contributed by atoms with Crippen LogP contribution in [0.2, 0.25) is 0 Å². The molecule has 1 aromatic heterocycles. The van der Waals surface area contributed by atoms with Gasteiger partial charge in [0, 0.05) is 5.69 Å². The SMILES string of the molecule is Cc1cc(OC(F)(F)F)ccc1Nc1c(C(=O)O)cc2[nH]cnc2c1F. The summed E-state index contributed by atoms with van der Waals surface area (Å²) in [5.74, 6) is -2.71.